The lowest BCUT2D eigenvalue weighted by Crippen LogP contribution is -2.48. The van der Waals surface area contributed by atoms with Crippen molar-refractivity contribution in [3.05, 3.63) is 0 Å². The molecule has 0 rings (SSSR count). The maximum Gasteiger partial charge on any atom is 0.326 e. The van der Waals surface area contributed by atoms with Crippen LogP contribution in [-0.2, 0) is 9.59 Å². The van der Waals surface area contributed by atoms with E-state index in [1.807, 2.05) is 0 Å². The van der Waals surface area contributed by atoms with Crippen LogP contribution in [-0.4, -0.2) is 66.5 Å². The van der Waals surface area contributed by atoms with Crippen molar-refractivity contribution in [2.24, 2.45) is 0 Å². The van der Waals surface area contributed by atoms with Crippen LogP contribution in [0, 0.1) is 0 Å². The van der Waals surface area contributed by atoms with Crippen molar-refractivity contribution in [1.82, 2.24) is 15.1 Å². The number of urea groups is 1. The quantitative estimate of drug-likeness (QED) is 0.701. The summed E-state index contributed by atoms with van der Waals surface area (Å²) in [6, 6.07) is -1.26. The van der Waals surface area contributed by atoms with Crippen LogP contribution in [0.2, 0.25) is 0 Å². The van der Waals surface area contributed by atoms with Gasteiger partial charge in [-0.2, -0.15) is 0 Å². The van der Waals surface area contributed by atoms with Gasteiger partial charge in [0.2, 0.25) is 5.91 Å². The first-order chi connectivity index (χ1) is 8.34. The van der Waals surface area contributed by atoms with Gasteiger partial charge in [0.15, 0.2) is 0 Å². The Hall–Kier alpha value is -1.79. The fourth-order valence-electron chi connectivity index (χ4n) is 1.51. The molecule has 1 atom stereocenters. The molecule has 0 aromatic carbocycles. The number of hydrogen-bond donors (Lipinski definition) is 2. The van der Waals surface area contributed by atoms with Gasteiger partial charge in [-0.3, -0.25) is 4.79 Å². The number of likely N-dealkylation sites (N-methyl/N-ethyl adjacent to an activating group) is 1. The highest BCUT2D eigenvalue weighted by atomic mass is 16.4. The summed E-state index contributed by atoms with van der Waals surface area (Å²) in [5.74, 6) is -1.20. The topological polar surface area (TPSA) is 90.0 Å². The lowest BCUT2D eigenvalue weighted by Gasteiger charge is -2.28. The van der Waals surface area contributed by atoms with Gasteiger partial charge in [0, 0.05) is 34.1 Å². The standard InChI is InChI=1S/C11H21N3O4/c1-5-8(10(16)17)14(4)11(18)13(3)7-6-9(15)12-2/h8H,5-7H2,1-4H3,(H,12,15)(H,16,17). The predicted octanol–water partition coefficient (Wildman–Crippen LogP) is -0.0307. The van der Waals surface area contributed by atoms with Crippen LogP contribution in [0.15, 0.2) is 0 Å². The third-order valence-electron chi connectivity index (χ3n) is 2.72. The molecule has 0 aromatic rings. The van der Waals surface area contributed by atoms with Crippen LogP contribution >= 0.6 is 0 Å². The fraction of sp³-hybridized carbons (Fsp3) is 0.727. The zero-order chi connectivity index (χ0) is 14.3. The third kappa shape index (κ3) is 4.60. The summed E-state index contributed by atoms with van der Waals surface area (Å²) >= 11 is 0. The summed E-state index contributed by atoms with van der Waals surface area (Å²) in [5.41, 5.74) is 0. The third-order valence-corrected chi connectivity index (χ3v) is 2.72. The first kappa shape index (κ1) is 16.2. The molecule has 0 aromatic heterocycles. The van der Waals surface area contributed by atoms with Gasteiger partial charge in [-0.1, -0.05) is 6.92 Å². The van der Waals surface area contributed by atoms with Crippen molar-refractivity contribution in [2.75, 3.05) is 27.7 Å². The number of amides is 3. The number of aliphatic carboxylic acids is 1. The molecule has 0 saturated heterocycles. The molecule has 0 heterocycles. The molecule has 0 aliphatic carbocycles. The van der Waals surface area contributed by atoms with Crippen molar-refractivity contribution in [3.63, 3.8) is 0 Å². The average molecular weight is 259 g/mol. The molecule has 0 aliphatic heterocycles. The molecule has 0 bridgehead atoms. The Kier molecular flexibility index (Phi) is 6.77. The van der Waals surface area contributed by atoms with Crippen molar-refractivity contribution in [2.45, 2.75) is 25.8 Å². The van der Waals surface area contributed by atoms with E-state index in [1.54, 1.807) is 6.92 Å². The van der Waals surface area contributed by atoms with Gasteiger partial charge in [0.25, 0.3) is 0 Å². The van der Waals surface area contributed by atoms with Crippen molar-refractivity contribution in [3.8, 4) is 0 Å². The van der Waals surface area contributed by atoms with Gasteiger partial charge >= 0.3 is 12.0 Å². The first-order valence-electron chi connectivity index (χ1n) is 5.76. The van der Waals surface area contributed by atoms with Gasteiger partial charge in [0.1, 0.15) is 6.04 Å². The van der Waals surface area contributed by atoms with Gasteiger partial charge < -0.3 is 20.2 Å². The van der Waals surface area contributed by atoms with E-state index in [0.29, 0.717) is 6.42 Å². The van der Waals surface area contributed by atoms with Crippen LogP contribution in [0.25, 0.3) is 0 Å². The average Bonchev–Trinajstić information content (AvgIpc) is 2.34. The van der Waals surface area contributed by atoms with Crippen molar-refractivity contribution >= 4 is 17.9 Å². The second-order valence-corrected chi connectivity index (χ2v) is 4.00. The van der Waals surface area contributed by atoms with Gasteiger partial charge in [0.05, 0.1) is 0 Å². The lowest BCUT2D eigenvalue weighted by atomic mass is 10.2. The second-order valence-electron chi connectivity index (χ2n) is 4.00. The van der Waals surface area contributed by atoms with E-state index in [2.05, 4.69) is 5.32 Å². The Morgan fingerprint density at radius 1 is 1.28 bits per heavy atom. The number of carboxylic acid groups (broad SMARTS) is 1. The SMILES string of the molecule is CCC(C(=O)O)N(C)C(=O)N(C)CCC(=O)NC. The minimum absolute atomic E-state index is 0.164. The Morgan fingerprint density at radius 3 is 2.22 bits per heavy atom. The van der Waals surface area contributed by atoms with Crippen LogP contribution in [0.4, 0.5) is 4.79 Å². The van der Waals surface area contributed by atoms with E-state index in [0.717, 1.165) is 0 Å². The van der Waals surface area contributed by atoms with E-state index in [4.69, 9.17) is 5.11 Å². The summed E-state index contributed by atoms with van der Waals surface area (Å²) in [6.45, 7) is 1.95. The van der Waals surface area contributed by atoms with E-state index >= 15 is 0 Å². The molecule has 18 heavy (non-hydrogen) atoms. The number of carbonyl (C=O) groups excluding carboxylic acids is 2. The minimum atomic E-state index is -1.03. The summed E-state index contributed by atoms with van der Waals surface area (Å²) in [5, 5.41) is 11.4. The Balaban J connectivity index is 4.44. The van der Waals surface area contributed by atoms with Crippen molar-refractivity contribution in [1.29, 1.82) is 0 Å². The monoisotopic (exact) mass is 259 g/mol. The summed E-state index contributed by atoms with van der Waals surface area (Å²) in [7, 11) is 4.51. The van der Waals surface area contributed by atoms with Gasteiger partial charge in [-0.25, -0.2) is 9.59 Å². The molecule has 7 nitrogen and oxygen atoms in total. The molecule has 0 radical (unpaired) electrons. The summed E-state index contributed by atoms with van der Waals surface area (Å²) in [4.78, 5) is 36.4. The van der Waals surface area contributed by atoms with Crippen LogP contribution in [0.1, 0.15) is 19.8 Å². The number of hydrogen-bond acceptors (Lipinski definition) is 3. The minimum Gasteiger partial charge on any atom is -0.480 e. The normalized spacial score (nSPS) is 11.6. The summed E-state index contributed by atoms with van der Waals surface area (Å²) in [6.07, 6.45) is 0.525. The molecule has 104 valence electrons. The van der Waals surface area contributed by atoms with Crippen molar-refractivity contribution < 1.29 is 19.5 Å². The largest absolute Gasteiger partial charge is 0.480 e. The lowest BCUT2D eigenvalue weighted by molar-refractivity contribution is -0.142. The molecular formula is C11H21N3O4. The number of carboxylic acids is 1. The Morgan fingerprint density at radius 2 is 1.83 bits per heavy atom. The Bertz CT molecular complexity index is 319. The maximum atomic E-state index is 11.9. The highest BCUT2D eigenvalue weighted by Crippen LogP contribution is 2.05. The molecular weight excluding hydrogens is 238 g/mol. The molecule has 2 N–H and O–H groups in total. The van der Waals surface area contributed by atoms with E-state index in [-0.39, 0.29) is 18.9 Å². The van der Waals surface area contributed by atoms with Crippen LogP contribution in [0.5, 0.6) is 0 Å². The van der Waals surface area contributed by atoms with Gasteiger partial charge in [-0.05, 0) is 6.42 Å². The highest BCUT2D eigenvalue weighted by molar-refractivity contribution is 5.83. The second kappa shape index (κ2) is 7.52. The number of nitrogens with zero attached hydrogens (tertiary/aromatic N) is 2. The number of carbonyl (C=O) groups is 3. The molecule has 0 fully saturated rings. The Labute approximate surface area is 107 Å². The van der Waals surface area contributed by atoms with E-state index in [9.17, 15) is 14.4 Å². The molecule has 7 heteroatoms. The smallest absolute Gasteiger partial charge is 0.326 e. The predicted molar refractivity (Wildman–Crippen MR) is 66.2 cm³/mol. The molecule has 3 amide bonds. The van der Waals surface area contributed by atoms with E-state index in [1.165, 1.54) is 30.9 Å². The fourth-order valence-corrected chi connectivity index (χ4v) is 1.51. The summed E-state index contributed by atoms with van der Waals surface area (Å²) < 4.78 is 0. The van der Waals surface area contributed by atoms with Crippen LogP contribution < -0.4 is 5.32 Å². The molecule has 0 spiro atoms. The highest BCUT2D eigenvalue weighted by Gasteiger charge is 2.26. The molecule has 0 saturated carbocycles. The number of nitrogens with one attached hydrogen (secondary N) is 1. The number of rotatable bonds is 6. The molecule has 1 unspecified atom stereocenters. The maximum absolute atomic E-state index is 11.9. The first-order valence-corrected chi connectivity index (χ1v) is 5.76. The van der Waals surface area contributed by atoms with E-state index < -0.39 is 18.0 Å². The molecule has 0 aliphatic rings. The zero-order valence-corrected chi connectivity index (χ0v) is 11.3. The zero-order valence-electron chi connectivity index (χ0n) is 11.3. The van der Waals surface area contributed by atoms with Gasteiger partial charge in [-0.15, -0.1) is 0 Å². The van der Waals surface area contributed by atoms with Crippen LogP contribution in [0.3, 0.4) is 0 Å².